The SMILES string of the molecule is COC(=O)c1ccc(C(F)(F)F)cc1CCBr. The van der Waals surface area contributed by atoms with E-state index in [1.165, 1.54) is 7.11 Å². The fourth-order valence-electron chi connectivity index (χ4n) is 1.39. The predicted octanol–water partition coefficient (Wildman–Crippen LogP) is 3.43. The van der Waals surface area contributed by atoms with Crippen molar-refractivity contribution in [3.63, 3.8) is 0 Å². The van der Waals surface area contributed by atoms with Crippen LogP contribution in [0.25, 0.3) is 0 Å². The van der Waals surface area contributed by atoms with Crippen LogP contribution in [0, 0.1) is 0 Å². The summed E-state index contributed by atoms with van der Waals surface area (Å²) < 4.78 is 42.0. The molecule has 1 aromatic carbocycles. The van der Waals surface area contributed by atoms with Crippen LogP contribution >= 0.6 is 15.9 Å². The number of ether oxygens (including phenoxy) is 1. The van der Waals surface area contributed by atoms with Gasteiger partial charge in [-0.3, -0.25) is 0 Å². The molecule has 0 spiro atoms. The van der Waals surface area contributed by atoms with Crippen molar-refractivity contribution < 1.29 is 22.7 Å². The maximum Gasteiger partial charge on any atom is 0.416 e. The molecule has 94 valence electrons. The van der Waals surface area contributed by atoms with Crippen molar-refractivity contribution in [3.8, 4) is 0 Å². The van der Waals surface area contributed by atoms with Crippen LogP contribution in [-0.4, -0.2) is 18.4 Å². The molecule has 0 atom stereocenters. The summed E-state index contributed by atoms with van der Waals surface area (Å²) in [5, 5.41) is 0.471. The van der Waals surface area contributed by atoms with E-state index in [1.54, 1.807) is 0 Å². The van der Waals surface area contributed by atoms with Gasteiger partial charge >= 0.3 is 12.1 Å². The molecule has 1 rings (SSSR count). The highest BCUT2D eigenvalue weighted by Gasteiger charge is 2.31. The fourth-order valence-corrected chi connectivity index (χ4v) is 1.81. The van der Waals surface area contributed by atoms with Gasteiger partial charge < -0.3 is 4.74 Å². The lowest BCUT2D eigenvalue weighted by atomic mass is 10.0. The van der Waals surface area contributed by atoms with Gasteiger partial charge in [0.15, 0.2) is 0 Å². The molecule has 0 unspecified atom stereocenters. The van der Waals surface area contributed by atoms with Gasteiger partial charge in [0.05, 0.1) is 18.2 Å². The number of carbonyl (C=O) groups excluding carboxylic acids is 1. The Balaban J connectivity index is 3.21. The first-order chi connectivity index (χ1) is 7.90. The minimum atomic E-state index is -4.41. The van der Waals surface area contributed by atoms with Crippen LogP contribution in [0.2, 0.25) is 0 Å². The zero-order chi connectivity index (χ0) is 13.1. The van der Waals surface area contributed by atoms with E-state index in [9.17, 15) is 18.0 Å². The summed E-state index contributed by atoms with van der Waals surface area (Å²) in [6.07, 6.45) is -4.08. The van der Waals surface area contributed by atoms with Crippen molar-refractivity contribution in [2.45, 2.75) is 12.6 Å². The molecule has 0 radical (unpaired) electrons. The quantitative estimate of drug-likeness (QED) is 0.631. The molecule has 0 bridgehead atoms. The Labute approximate surface area is 105 Å². The highest BCUT2D eigenvalue weighted by Crippen LogP contribution is 2.31. The van der Waals surface area contributed by atoms with E-state index in [2.05, 4.69) is 20.7 Å². The molecule has 0 aromatic heterocycles. The van der Waals surface area contributed by atoms with E-state index < -0.39 is 17.7 Å². The van der Waals surface area contributed by atoms with E-state index in [-0.39, 0.29) is 5.56 Å². The molecule has 0 aliphatic carbocycles. The minimum absolute atomic E-state index is 0.167. The van der Waals surface area contributed by atoms with E-state index in [0.29, 0.717) is 17.3 Å². The standard InChI is InChI=1S/C11H10BrF3O2/c1-17-10(16)9-3-2-8(11(13,14)15)6-7(9)4-5-12/h2-3,6H,4-5H2,1H3. The van der Waals surface area contributed by atoms with Gasteiger partial charge in [0.1, 0.15) is 0 Å². The molecular weight excluding hydrogens is 301 g/mol. The second-order valence-corrected chi connectivity index (χ2v) is 4.09. The van der Waals surface area contributed by atoms with Crippen molar-refractivity contribution in [2.24, 2.45) is 0 Å². The Hall–Kier alpha value is -1.04. The molecule has 0 aliphatic heterocycles. The monoisotopic (exact) mass is 310 g/mol. The van der Waals surface area contributed by atoms with E-state index in [0.717, 1.165) is 18.2 Å². The first-order valence-corrected chi connectivity index (χ1v) is 5.86. The van der Waals surface area contributed by atoms with E-state index in [1.807, 2.05) is 0 Å². The molecule has 0 N–H and O–H groups in total. The van der Waals surface area contributed by atoms with Gasteiger partial charge in [-0.25, -0.2) is 4.79 Å². The molecule has 2 nitrogen and oxygen atoms in total. The number of carbonyl (C=O) groups is 1. The summed E-state index contributed by atoms with van der Waals surface area (Å²) >= 11 is 3.13. The van der Waals surface area contributed by atoms with Crippen molar-refractivity contribution in [1.82, 2.24) is 0 Å². The largest absolute Gasteiger partial charge is 0.465 e. The molecule has 0 saturated heterocycles. The van der Waals surface area contributed by atoms with Crippen molar-refractivity contribution in [1.29, 1.82) is 0 Å². The molecule has 17 heavy (non-hydrogen) atoms. The third-order valence-electron chi connectivity index (χ3n) is 2.20. The number of hydrogen-bond acceptors (Lipinski definition) is 2. The zero-order valence-corrected chi connectivity index (χ0v) is 10.6. The van der Waals surface area contributed by atoms with Gasteiger partial charge in [0.2, 0.25) is 0 Å². The molecule has 0 amide bonds. The second kappa shape index (κ2) is 5.53. The summed E-state index contributed by atoms with van der Waals surface area (Å²) in [6.45, 7) is 0. The van der Waals surface area contributed by atoms with Crippen LogP contribution in [0.4, 0.5) is 13.2 Å². The lowest BCUT2D eigenvalue weighted by molar-refractivity contribution is -0.137. The molecule has 1 aromatic rings. The van der Waals surface area contributed by atoms with Crippen molar-refractivity contribution >= 4 is 21.9 Å². The number of esters is 1. The second-order valence-electron chi connectivity index (χ2n) is 3.30. The van der Waals surface area contributed by atoms with Crippen LogP contribution in [-0.2, 0) is 17.3 Å². The normalized spacial score (nSPS) is 11.4. The number of aryl methyl sites for hydroxylation is 1. The lowest BCUT2D eigenvalue weighted by Gasteiger charge is -2.11. The molecule has 0 fully saturated rings. The minimum Gasteiger partial charge on any atom is -0.465 e. The Morgan fingerprint density at radius 2 is 2.06 bits per heavy atom. The first kappa shape index (κ1) is 14.0. The summed E-state index contributed by atoms with van der Waals surface area (Å²) in [4.78, 5) is 11.4. The number of methoxy groups -OCH3 is 1. The Morgan fingerprint density at radius 3 is 2.53 bits per heavy atom. The Kier molecular flexibility index (Phi) is 4.56. The van der Waals surface area contributed by atoms with Gasteiger partial charge in [-0.1, -0.05) is 15.9 Å². The summed E-state index contributed by atoms with van der Waals surface area (Å²) in [5.74, 6) is -0.630. The van der Waals surface area contributed by atoms with Gasteiger partial charge in [-0.05, 0) is 30.2 Å². The maximum atomic E-state index is 12.5. The fraction of sp³-hybridized carbons (Fsp3) is 0.364. The summed E-state index contributed by atoms with van der Waals surface area (Å²) in [7, 11) is 1.19. The third kappa shape index (κ3) is 3.46. The molecule has 0 heterocycles. The number of hydrogen-bond donors (Lipinski definition) is 0. The van der Waals surface area contributed by atoms with Gasteiger partial charge in [-0.15, -0.1) is 0 Å². The first-order valence-electron chi connectivity index (χ1n) is 4.74. The van der Waals surface area contributed by atoms with Crippen LogP contribution < -0.4 is 0 Å². The summed E-state index contributed by atoms with van der Waals surface area (Å²) in [6, 6.07) is 3.00. The summed E-state index contributed by atoms with van der Waals surface area (Å²) in [5.41, 5.74) is -0.274. The van der Waals surface area contributed by atoms with Gasteiger partial charge in [0, 0.05) is 5.33 Å². The Bertz CT molecular complexity index is 416. The third-order valence-corrected chi connectivity index (χ3v) is 2.60. The van der Waals surface area contributed by atoms with Crippen molar-refractivity contribution in [2.75, 3.05) is 12.4 Å². The average Bonchev–Trinajstić information content (AvgIpc) is 2.27. The number of halogens is 4. The molecule has 0 aliphatic rings. The lowest BCUT2D eigenvalue weighted by Crippen LogP contribution is -2.11. The molecular formula is C11H10BrF3O2. The average molecular weight is 311 g/mol. The maximum absolute atomic E-state index is 12.5. The number of benzene rings is 1. The predicted molar refractivity (Wildman–Crippen MR) is 60.3 cm³/mol. The number of alkyl halides is 4. The van der Waals surface area contributed by atoms with Crippen LogP contribution in [0.3, 0.4) is 0 Å². The van der Waals surface area contributed by atoms with Crippen molar-refractivity contribution in [3.05, 3.63) is 34.9 Å². The van der Waals surface area contributed by atoms with Crippen LogP contribution in [0.15, 0.2) is 18.2 Å². The topological polar surface area (TPSA) is 26.3 Å². The molecule has 0 saturated carbocycles. The smallest absolute Gasteiger partial charge is 0.416 e. The Morgan fingerprint density at radius 1 is 1.41 bits per heavy atom. The number of rotatable bonds is 3. The zero-order valence-electron chi connectivity index (χ0n) is 8.97. The van der Waals surface area contributed by atoms with E-state index >= 15 is 0 Å². The highest BCUT2D eigenvalue weighted by molar-refractivity contribution is 9.09. The van der Waals surface area contributed by atoms with Gasteiger partial charge in [-0.2, -0.15) is 13.2 Å². The molecule has 6 heteroatoms. The highest BCUT2D eigenvalue weighted by atomic mass is 79.9. The van der Waals surface area contributed by atoms with Crippen LogP contribution in [0.1, 0.15) is 21.5 Å². The van der Waals surface area contributed by atoms with Crippen LogP contribution in [0.5, 0.6) is 0 Å². The van der Waals surface area contributed by atoms with Gasteiger partial charge in [0.25, 0.3) is 0 Å². The van der Waals surface area contributed by atoms with E-state index in [4.69, 9.17) is 0 Å².